The number of halogens is 3. The van der Waals surface area contributed by atoms with E-state index in [2.05, 4.69) is 23.7 Å². The van der Waals surface area contributed by atoms with Gasteiger partial charge in [-0.15, -0.1) is 0 Å². The van der Waals surface area contributed by atoms with E-state index in [0.29, 0.717) is 24.3 Å². The summed E-state index contributed by atoms with van der Waals surface area (Å²) in [6, 6.07) is 8.51. The highest BCUT2D eigenvalue weighted by molar-refractivity contribution is 5.59. The summed E-state index contributed by atoms with van der Waals surface area (Å²) in [4.78, 5) is 19.5. The second-order valence-corrected chi connectivity index (χ2v) is 6.23. The average Bonchev–Trinajstić information content (AvgIpc) is 2.67. The number of hydrogen-bond acceptors (Lipinski definition) is 3. The summed E-state index contributed by atoms with van der Waals surface area (Å²) in [5.41, 5.74) is 1.40. The van der Waals surface area contributed by atoms with Gasteiger partial charge in [0.05, 0.1) is 11.3 Å². The summed E-state index contributed by atoms with van der Waals surface area (Å²) in [6.07, 6.45) is -1.87. The Labute approximate surface area is 157 Å². The van der Waals surface area contributed by atoms with E-state index in [-0.39, 0.29) is 0 Å². The van der Waals surface area contributed by atoms with Crippen LogP contribution >= 0.6 is 0 Å². The van der Waals surface area contributed by atoms with Crippen molar-refractivity contribution in [2.45, 2.75) is 26.6 Å². The van der Waals surface area contributed by atoms with Crippen molar-refractivity contribution >= 4 is 6.41 Å². The van der Waals surface area contributed by atoms with Crippen LogP contribution < -0.4 is 0 Å². The van der Waals surface area contributed by atoms with Crippen molar-refractivity contribution in [1.29, 1.82) is 0 Å². The molecular formula is C20H24F3N3O. The minimum Gasteiger partial charge on any atom is -0.340 e. The SMILES string of the molecule is CCN(CC)CCN(C=O)Cc1ccc(-c2ccc(C(F)(F)F)cc2)nc1. The molecule has 0 unspecified atom stereocenters. The topological polar surface area (TPSA) is 36.4 Å². The van der Waals surface area contributed by atoms with Gasteiger partial charge in [-0.25, -0.2) is 0 Å². The molecule has 0 N–H and O–H groups in total. The van der Waals surface area contributed by atoms with Gasteiger partial charge in [0.25, 0.3) is 0 Å². The maximum atomic E-state index is 12.6. The second-order valence-electron chi connectivity index (χ2n) is 6.23. The molecule has 146 valence electrons. The van der Waals surface area contributed by atoms with Gasteiger partial charge in [0, 0.05) is 31.4 Å². The highest BCUT2D eigenvalue weighted by Gasteiger charge is 2.29. The van der Waals surface area contributed by atoms with Gasteiger partial charge in [-0.1, -0.05) is 32.0 Å². The fraction of sp³-hybridized carbons (Fsp3) is 0.400. The summed E-state index contributed by atoms with van der Waals surface area (Å²) in [7, 11) is 0. The number of nitrogens with zero attached hydrogens (tertiary/aromatic N) is 3. The molecule has 1 amide bonds. The zero-order valence-corrected chi connectivity index (χ0v) is 15.5. The van der Waals surface area contributed by atoms with E-state index < -0.39 is 11.7 Å². The number of pyridine rings is 1. The molecule has 0 atom stereocenters. The van der Waals surface area contributed by atoms with Crippen LogP contribution in [0.25, 0.3) is 11.3 Å². The van der Waals surface area contributed by atoms with Gasteiger partial charge in [0.2, 0.25) is 6.41 Å². The first-order chi connectivity index (χ1) is 12.9. The van der Waals surface area contributed by atoms with E-state index in [9.17, 15) is 18.0 Å². The van der Waals surface area contributed by atoms with Crippen molar-refractivity contribution < 1.29 is 18.0 Å². The van der Waals surface area contributed by atoms with Crippen molar-refractivity contribution in [2.75, 3.05) is 26.2 Å². The Bertz CT molecular complexity index is 711. The number of benzene rings is 1. The number of carbonyl (C=O) groups excluding carboxylic acids is 1. The van der Waals surface area contributed by atoms with Crippen LogP contribution in [0.15, 0.2) is 42.6 Å². The molecule has 1 aromatic carbocycles. The van der Waals surface area contributed by atoms with Crippen LogP contribution in [0.5, 0.6) is 0 Å². The number of rotatable bonds is 9. The van der Waals surface area contributed by atoms with Crippen LogP contribution in [0.2, 0.25) is 0 Å². The Morgan fingerprint density at radius 3 is 2.15 bits per heavy atom. The van der Waals surface area contributed by atoms with Crippen LogP contribution in [-0.4, -0.2) is 47.4 Å². The Kier molecular flexibility index (Phi) is 7.36. The highest BCUT2D eigenvalue weighted by atomic mass is 19.4. The second kappa shape index (κ2) is 9.50. The van der Waals surface area contributed by atoms with E-state index in [1.54, 1.807) is 17.2 Å². The van der Waals surface area contributed by atoms with Gasteiger partial charge in [0.1, 0.15) is 0 Å². The quantitative estimate of drug-likeness (QED) is 0.617. The van der Waals surface area contributed by atoms with Crippen LogP contribution in [0, 0.1) is 0 Å². The van der Waals surface area contributed by atoms with Gasteiger partial charge in [-0.05, 0) is 36.9 Å². The lowest BCUT2D eigenvalue weighted by atomic mass is 10.1. The molecule has 1 aromatic heterocycles. The van der Waals surface area contributed by atoms with E-state index >= 15 is 0 Å². The average molecular weight is 379 g/mol. The van der Waals surface area contributed by atoms with Crippen molar-refractivity contribution in [3.05, 3.63) is 53.7 Å². The standard InChI is InChI=1S/C20H24F3N3O/c1-3-25(4-2)11-12-26(15-27)14-16-5-10-19(24-13-16)17-6-8-18(9-7-17)20(21,22)23/h5-10,13,15H,3-4,11-12,14H2,1-2H3. The molecule has 0 radical (unpaired) electrons. The largest absolute Gasteiger partial charge is 0.416 e. The molecule has 1 heterocycles. The first kappa shape index (κ1) is 20.9. The molecular weight excluding hydrogens is 355 g/mol. The number of hydrogen-bond donors (Lipinski definition) is 0. The summed E-state index contributed by atoms with van der Waals surface area (Å²) in [5, 5.41) is 0. The van der Waals surface area contributed by atoms with E-state index in [0.717, 1.165) is 43.7 Å². The van der Waals surface area contributed by atoms with Crippen molar-refractivity contribution in [3.63, 3.8) is 0 Å². The molecule has 2 rings (SSSR count). The van der Waals surface area contributed by atoms with Gasteiger partial charge in [-0.2, -0.15) is 13.2 Å². The lowest BCUT2D eigenvalue weighted by Gasteiger charge is -2.23. The third kappa shape index (κ3) is 6.06. The highest BCUT2D eigenvalue weighted by Crippen LogP contribution is 2.30. The molecule has 0 saturated heterocycles. The van der Waals surface area contributed by atoms with Crippen LogP contribution in [0.3, 0.4) is 0 Å². The predicted octanol–water partition coefficient (Wildman–Crippen LogP) is 4.07. The van der Waals surface area contributed by atoms with Gasteiger partial charge in [-0.3, -0.25) is 9.78 Å². The lowest BCUT2D eigenvalue weighted by Crippen LogP contribution is -2.34. The van der Waals surface area contributed by atoms with Gasteiger partial charge in [0.15, 0.2) is 0 Å². The number of alkyl halides is 3. The maximum absolute atomic E-state index is 12.6. The van der Waals surface area contributed by atoms with Crippen LogP contribution in [0.4, 0.5) is 13.2 Å². The Balaban J connectivity index is 2.00. The number of amides is 1. The summed E-state index contributed by atoms with van der Waals surface area (Å²) in [6.45, 7) is 7.93. The predicted molar refractivity (Wildman–Crippen MR) is 98.9 cm³/mol. The molecule has 0 saturated carbocycles. The fourth-order valence-corrected chi connectivity index (χ4v) is 2.73. The number of likely N-dealkylation sites (N-methyl/N-ethyl adjacent to an activating group) is 1. The molecule has 0 aliphatic heterocycles. The van der Waals surface area contributed by atoms with Crippen LogP contribution in [0.1, 0.15) is 25.0 Å². The molecule has 2 aromatic rings. The lowest BCUT2D eigenvalue weighted by molar-refractivity contribution is -0.137. The Hall–Kier alpha value is -2.41. The molecule has 4 nitrogen and oxygen atoms in total. The maximum Gasteiger partial charge on any atom is 0.416 e. The number of carbonyl (C=O) groups is 1. The first-order valence-electron chi connectivity index (χ1n) is 8.91. The molecule has 0 aliphatic rings. The molecule has 7 heteroatoms. The smallest absolute Gasteiger partial charge is 0.340 e. The van der Waals surface area contributed by atoms with Crippen molar-refractivity contribution in [2.24, 2.45) is 0 Å². The summed E-state index contributed by atoms with van der Waals surface area (Å²) in [5.74, 6) is 0. The third-order valence-corrected chi connectivity index (χ3v) is 4.47. The van der Waals surface area contributed by atoms with E-state index in [1.807, 2.05) is 6.07 Å². The van der Waals surface area contributed by atoms with Crippen molar-refractivity contribution in [1.82, 2.24) is 14.8 Å². The summed E-state index contributed by atoms with van der Waals surface area (Å²) < 4.78 is 37.9. The first-order valence-corrected chi connectivity index (χ1v) is 8.91. The normalized spacial score (nSPS) is 11.6. The van der Waals surface area contributed by atoms with Crippen molar-refractivity contribution in [3.8, 4) is 11.3 Å². The Morgan fingerprint density at radius 1 is 1.00 bits per heavy atom. The molecule has 27 heavy (non-hydrogen) atoms. The third-order valence-electron chi connectivity index (χ3n) is 4.47. The number of aromatic nitrogens is 1. The monoisotopic (exact) mass is 379 g/mol. The van der Waals surface area contributed by atoms with Gasteiger partial charge >= 0.3 is 6.18 Å². The Morgan fingerprint density at radius 2 is 1.67 bits per heavy atom. The molecule has 0 fully saturated rings. The summed E-state index contributed by atoms with van der Waals surface area (Å²) >= 11 is 0. The zero-order chi connectivity index (χ0) is 19.9. The minimum atomic E-state index is -4.35. The molecule has 0 aliphatic carbocycles. The van der Waals surface area contributed by atoms with Gasteiger partial charge < -0.3 is 9.80 Å². The van der Waals surface area contributed by atoms with Crippen LogP contribution in [-0.2, 0) is 17.5 Å². The molecule has 0 bridgehead atoms. The minimum absolute atomic E-state index is 0.449. The fourth-order valence-electron chi connectivity index (χ4n) is 2.73. The molecule has 0 spiro atoms. The van der Waals surface area contributed by atoms with E-state index in [4.69, 9.17) is 0 Å². The van der Waals surface area contributed by atoms with E-state index in [1.165, 1.54) is 12.1 Å². The zero-order valence-electron chi connectivity index (χ0n) is 15.5.